The zero-order valence-electron chi connectivity index (χ0n) is 16.8. The molecule has 2 aliphatic heterocycles. The van der Waals surface area contributed by atoms with Crippen LogP contribution in [0.5, 0.6) is 0 Å². The molecule has 3 heterocycles. The number of fused-ring (bicyclic) bond motifs is 3. The van der Waals surface area contributed by atoms with Crippen LogP contribution in [0.3, 0.4) is 0 Å². The highest BCUT2D eigenvalue weighted by molar-refractivity contribution is 5.80. The molecule has 1 saturated heterocycles. The molecule has 1 N–H and O–H groups in total. The number of nitrogens with zero attached hydrogens (tertiary/aromatic N) is 5. The number of nitrogens with one attached hydrogen (secondary N) is 1. The molecule has 6 heteroatoms. The van der Waals surface area contributed by atoms with Crippen LogP contribution in [0.25, 0.3) is 0 Å². The van der Waals surface area contributed by atoms with E-state index in [1.807, 2.05) is 7.05 Å². The van der Waals surface area contributed by atoms with Crippen LogP contribution in [0, 0.1) is 0 Å². The van der Waals surface area contributed by atoms with Gasteiger partial charge < -0.3 is 14.8 Å². The largest absolute Gasteiger partial charge is 0.349 e. The van der Waals surface area contributed by atoms with Crippen molar-refractivity contribution in [3.8, 4) is 0 Å². The normalized spacial score (nSPS) is 24.3. The predicted molar refractivity (Wildman–Crippen MR) is 110 cm³/mol. The van der Waals surface area contributed by atoms with Gasteiger partial charge in [-0.05, 0) is 49.7 Å². The summed E-state index contributed by atoms with van der Waals surface area (Å²) in [6.07, 6.45) is 8.54. The molecule has 6 nitrogen and oxygen atoms in total. The van der Waals surface area contributed by atoms with Gasteiger partial charge in [0.25, 0.3) is 0 Å². The van der Waals surface area contributed by atoms with Gasteiger partial charge in [0.05, 0.1) is 6.54 Å². The summed E-state index contributed by atoms with van der Waals surface area (Å²) in [7, 11) is 1.90. The van der Waals surface area contributed by atoms with Crippen LogP contribution >= 0.6 is 0 Å². The molecule has 1 fully saturated rings. The van der Waals surface area contributed by atoms with Gasteiger partial charge in [0.2, 0.25) is 0 Å². The van der Waals surface area contributed by atoms with E-state index in [0.29, 0.717) is 6.54 Å². The van der Waals surface area contributed by atoms with Crippen molar-refractivity contribution >= 4 is 5.96 Å². The first-order valence-corrected chi connectivity index (χ1v) is 10.7. The van der Waals surface area contributed by atoms with Gasteiger partial charge in [-0.3, -0.25) is 4.99 Å². The van der Waals surface area contributed by atoms with Gasteiger partial charge >= 0.3 is 0 Å². The number of hydrogen-bond donors (Lipinski definition) is 1. The second-order valence-corrected chi connectivity index (χ2v) is 8.50. The first-order valence-electron chi connectivity index (χ1n) is 10.7. The molecule has 3 aliphatic rings. The highest BCUT2D eigenvalue weighted by atomic mass is 15.3. The van der Waals surface area contributed by atoms with Crippen LogP contribution in [0.1, 0.15) is 54.9 Å². The summed E-state index contributed by atoms with van der Waals surface area (Å²) in [5.74, 6) is 3.16. The average Bonchev–Trinajstić information content (AvgIpc) is 3.34. The minimum absolute atomic E-state index is 0.279. The Kier molecular flexibility index (Phi) is 4.57. The van der Waals surface area contributed by atoms with Gasteiger partial charge in [-0.15, -0.1) is 10.2 Å². The molecule has 28 heavy (non-hydrogen) atoms. The highest BCUT2D eigenvalue weighted by Gasteiger charge is 2.40. The maximum Gasteiger partial charge on any atom is 0.194 e. The van der Waals surface area contributed by atoms with Gasteiger partial charge in [0.1, 0.15) is 5.82 Å². The first-order chi connectivity index (χ1) is 13.8. The Labute approximate surface area is 167 Å². The summed E-state index contributed by atoms with van der Waals surface area (Å²) < 4.78 is 2.26. The Bertz CT molecular complexity index is 885. The first kappa shape index (κ1) is 17.7. The standard InChI is InChI=1S/C22H30N6/c1-23-21(24-15-20-26-25-19-10-5-14-28(19)20)27-13-6-12-22(16-27)11-4-8-17-7-2-3-9-18(17)22/h2-3,7,9H,4-6,8,10-16H2,1H3,(H,23,24). The summed E-state index contributed by atoms with van der Waals surface area (Å²) in [6, 6.07) is 9.10. The Balaban J connectivity index is 1.33. The molecule has 1 aromatic carbocycles. The molecule has 148 valence electrons. The number of aliphatic imine (C=N–C) groups is 1. The molecule has 1 unspecified atom stereocenters. The van der Waals surface area contributed by atoms with Gasteiger partial charge in [-0.1, -0.05) is 24.3 Å². The van der Waals surface area contributed by atoms with E-state index in [4.69, 9.17) is 0 Å². The van der Waals surface area contributed by atoms with Crippen molar-refractivity contribution in [2.45, 2.75) is 63.5 Å². The maximum absolute atomic E-state index is 4.61. The monoisotopic (exact) mass is 378 g/mol. The molecule has 0 amide bonds. The summed E-state index contributed by atoms with van der Waals surface area (Å²) >= 11 is 0. The minimum Gasteiger partial charge on any atom is -0.349 e. The molecule has 5 rings (SSSR count). The highest BCUT2D eigenvalue weighted by Crippen LogP contribution is 2.43. The Morgan fingerprint density at radius 2 is 2.00 bits per heavy atom. The van der Waals surface area contributed by atoms with Crippen LogP contribution in [-0.4, -0.2) is 45.8 Å². The molecular formula is C22H30N6. The molecule has 0 bridgehead atoms. The van der Waals surface area contributed by atoms with Crippen molar-refractivity contribution in [3.05, 3.63) is 47.0 Å². The SMILES string of the molecule is CN=C(NCc1nnc2n1CCC2)N1CCCC2(CCCc3ccccc32)C1. The topological polar surface area (TPSA) is 58.3 Å². The predicted octanol–water partition coefficient (Wildman–Crippen LogP) is 2.67. The lowest BCUT2D eigenvalue weighted by atomic mass is 9.66. The molecule has 1 aromatic heterocycles. The third kappa shape index (κ3) is 2.99. The fourth-order valence-corrected chi connectivity index (χ4v) is 5.58. The van der Waals surface area contributed by atoms with Crippen molar-refractivity contribution in [2.75, 3.05) is 20.1 Å². The molecule has 0 radical (unpaired) electrons. The van der Waals surface area contributed by atoms with E-state index in [1.165, 1.54) is 38.5 Å². The lowest BCUT2D eigenvalue weighted by Crippen LogP contribution is -2.53. The summed E-state index contributed by atoms with van der Waals surface area (Å²) in [5, 5.41) is 12.3. The van der Waals surface area contributed by atoms with Gasteiger partial charge in [0.15, 0.2) is 11.8 Å². The van der Waals surface area contributed by atoms with E-state index in [2.05, 4.69) is 54.2 Å². The van der Waals surface area contributed by atoms with Crippen LogP contribution < -0.4 is 5.32 Å². The van der Waals surface area contributed by atoms with E-state index >= 15 is 0 Å². The smallest absolute Gasteiger partial charge is 0.194 e. The summed E-state index contributed by atoms with van der Waals surface area (Å²) in [5.41, 5.74) is 3.41. The van der Waals surface area contributed by atoms with Crippen molar-refractivity contribution < 1.29 is 0 Å². The zero-order chi connectivity index (χ0) is 19.0. The van der Waals surface area contributed by atoms with E-state index in [0.717, 1.165) is 43.7 Å². The second-order valence-electron chi connectivity index (χ2n) is 8.50. The van der Waals surface area contributed by atoms with Gasteiger partial charge in [-0.2, -0.15) is 0 Å². The Morgan fingerprint density at radius 1 is 1.11 bits per heavy atom. The fraction of sp³-hybridized carbons (Fsp3) is 0.591. The number of likely N-dealkylation sites (tertiary alicyclic amines) is 1. The van der Waals surface area contributed by atoms with Crippen LogP contribution in [0.4, 0.5) is 0 Å². The number of piperidine rings is 1. The van der Waals surface area contributed by atoms with Crippen molar-refractivity contribution in [3.63, 3.8) is 0 Å². The zero-order valence-corrected chi connectivity index (χ0v) is 16.8. The van der Waals surface area contributed by atoms with Crippen LogP contribution in [-0.2, 0) is 31.3 Å². The number of aryl methyl sites for hydroxylation is 2. The van der Waals surface area contributed by atoms with E-state index in [1.54, 1.807) is 11.1 Å². The van der Waals surface area contributed by atoms with E-state index in [9.17, 15) is 0 Å². The lowest BCUT2D eigenvalue weighted by Gasteiger charge is -2.47. The number of guanidine groups is 1. The number of hydrogen-bond acceptors (Lipinski definition) is 3. The molecular weight excluding hydrogens is 348 g/mol. The van der Waals surface area contributed by atoms with Crippen LogP contribution in [0.2, 0.25) is 0 Å². The third-order valence-electron chi connectivity index (χ3n) is 6.87. The van der Waals surface area contributed by atoms with E-state index < -0.39 is 0 Å². The van der Waals surface area contributed by atoms with Crippen LogP contribution in [0.15, 0.2) is 29.3 Å². The minimum atomic E-state index is 0.279. The van der Waals surface area contributed by atoms with Crippen molar-refractivity contribution in [1.82, 2.24) is 25.0 Å². The summed E-state index contributed by atoms with van der Waals surface area (Å²) in [6.45, 7) is 3.87. The number of rotatable bonds is 2. The van der Waals surface area contributed by atoms with Crippen molar-refractivity contribution in [2.24, 2.45) is 4.99 Å². The van der Waals surface area contributed by atoms with Gasteiger partial charge in [-0.25, -0.2) is 0 Å². The Hall–Kier alpha value is -2.37. The molecule has 0 saturated carbocycles. The van der Waals surface area contributed by atoms with Gasteiger partial charge in [0, 0.05) is 38.5 Å². The molecule has 1 atom stereocenters. The number of aromatic nitrogens is 3. The second kappa shape index (κ2) is 7.22. The third-order valence-corrected chi connectivity index (χ3v) is 6.87. The lowest BCUT2D eigenvalue weighted by molar-refractivity contribution is 0.188. The maximum atomic E-state index is 4.61. The molecule has 2 aromatic rings. The molecule has 1 spiro atoms. The Morgan fingerprint density at radius 3 is 2.93 bits per heavy atom. The van der Waals surface area contributed by atoms with E-state index in [-0.39, 0.29) is 5.41 Å². The summed E-state index contributed by atoms with van der Waals surface area (Å²) in [4.78, 5) is 7.08. The fourth-order valence-electron chi connectivity index (χ4n) is 5.58. The quantitative estimate of drug-likeness (QED) is 0.645. The van der Waals surface area contributed by atoms with Crippen molar-refractivity contribution in [1.29, 1.82) is 0 Å². The number of benzene rings is 1. The average molecular weight is 379 g/mol. The molecule has 1 aliphatic carbocycles.